The van der Waals surface area contributed by atoms with Crippen LogP contribution in [0.5, 0.6) is 0 Å². The van der Waals surface area contributed by atoms with Crippen LogP contribution < -0.4 is 10.2 Å². The molecule has 1 unspecified atom stereocenters. The molecule has 1 aromatic rings. The van der Waals surface area contributed by atoms with Gasteiger partial charge in [-0.05, 0) is 26.0 Å². The van der Waals surface area contributed by atoms with Gasteiger partial charge in [0, 0.05) is 30.6 Å². The highest BCUT2D eigenvalue weighted by Crippen LogP contribution is 2.27. The Hall–Kier alpha value is -0.540. The molecule has 0 radical (unpaired) electrons. The zero-order valence-electron chi connectivity index (χ0n) is 8.21. The molecule has 0 bridgehead atoms. The summed E-state index contributed by atoms with van der Waals surface area (Å²) in [5.41, 5.74) is 0. The Labute approximate surface area is 83.6 Å². The van der Waals surface area contributed by atoms with Gasteiger partial charge in [-0.15, -0.1) is 11.3 Å². The monoisotopic (exact) mass is 196 g/mol. The number of piperazine rings is 1. The summed E-state index contributed by atoms with van der Waals surface area (Å²) in [5, 5.41) is 4.83. The van der Waals surface area contributed by atoms with Gasteiger partial charge in [0.2, 0.25) is 0 Å². The minimum absolute atomic E-state index is 0.631. The Bertz CT molecular complexity index is 282. The molecule has 1 fully saturated rings. The highest BCUT2D eigenvalue weighted by atomic mass is 32.1. The molecule has 2 nitrogen and oxygen atoms in total. The molecule has 2 heterocycles. The van der Waals surface area contributed by atoms with Crippen molar-refractivity contribution in [1.29, 1.82) is 0 Å². The molecule has 0 amide bonds. The Morgan fingerprint density at radius 2 is 2.38 bits per heavy atom. The fraction of sp³-hybridized carbons (Fsp3) is 0.600. The average molecular weight is 196 g/mol. The molecule has 3 heteroatoms. The van der Waals surface area contributed by atoms with Gasteiger partial charge >= 0.3 is 0 Å². The van der Waals surface area contributed by atoms with Crippen LogP contribution in [0.2, 0.25) is 0 Å². The Morgan fingerprint density at radius 1 is 1.54 bits per heavy atom. The fourth-order valence-electron chi connectivity index (χ4n) is 1.74. The normalized spacial score (nSPS) is 23.5. The molecule has 1 aliphatic heterocycles. The number of rotatable bonds is 1. The lowest BCUT2D eigenvalue weighted by Crippen LogP contribution is -2.49. The second-order valence-corrected chi connectivity index (χ2v) is 4.90. The molecule has 1 aliphatic rings. The molecule has 2 rings (SSSR count). The van der Waals surface area contributed by atoms with E-state index in [4.69, 9.17) is 0 Å². The molecule has 72 valence electrons. The van der Waals surface area contributed by atoms with E-state index in [1.165, 1.54) is 9.88 Å². The number of hydrogen-bond acceptors (Lipinski definition) is 3. The molecular weight excluding hydrogens is 180 g/mol. The molecule has 0 aromatic carbocycles. The first-order chi connectivity index (χ1) is 6.27. The maximum atomic E-state index is 3.40. The van der Waals surface area contributed by atoms with Gasteiger partial charge in [0.1, 0.15) is 0 Å². The average Bonchev–Trinajstić information content (AvgIpc) is 2.53. The van der Waals surface area contributed by atoms with Gasteiger partial charge in [-0.3, -0.25) is 0 Å². The quantitative estimate of drug-likeness (QED) is 0.737. The van der Waals surface area contributed by atoms with Crippen LogP contribution in [0.1, 0.15) is 11.8 Å². The predicted octanol–water partition coefficient (Wildman–Crippen LogP) is 1.85. The second-order valence-electron chi connectivity index (χ2n) is 3.63. The van der Waals surface area contributed by atoms with E-state index in [1.807, 2.05) is 11.3 Å². The van der Waals surface area contributed by atoms with Crippen molar-refractivity contribution < 1.29 is 0 Å². The highest BCUT2D eigenvalue weighted by Gasteiger charge is 2.18. The van der Waals surface area contributed by atoms with Crippen molar-refractivity contribution in [3.05, 3.63) is 17.0 Å². The van der Waals surface area contributed by atoms with Crippen LogP contribution in [0, 0.1) is 6.92 Å². The van der Waals surface area contributed by atoms with Gasteiger partial charge in [0.25, 0.3) is 0 Å². The van der Waals surface area contributed by atoms with Crippen LogP contribution in [0.15, 0.2) is 12.1 Å². The van der Waals surface area contributed by atoms with Crippen molar-refractivity contribution in [2.24, 2.45) is 0 Å². The molecule has 1 atom stereocenters. The third kappa shape index (κ3) is 1.86. The van der Waals surface area contributed by atoms with Gasteiger partial charge in [0.05, 0.1) is 5.00 Å². The minimum atomic E-state index is 0.631. The molecular formula is C10H16N2S. The van der Waals surface area contributed by atoms with Gasteiger partial charge < -0.3 is 10.2 Å². The number of hydrogen-bond donors (Lipinski definition) is 1. The predicted molar refractivity (Wildman–Crippen MR) is 58.7 cm³/mol. The maximum Gasteiger partial charge on any atom is 0.0914 e. The number of anilines is 1. The molecule has 0 spiro atoms. The van der Waals surface area contributed by atoms with E-state index < -0.39 is 0 Å². The SMILES string of the molecule is Cc1ccc(N2CCNCC2C)s1. The first-order valence-corrected chi connectivity index (χ1v) is 5.63. The lowest BCUT2D eigenvalue weighted by Gasteiger charge is -2.34. The molecule has 1 saturated heterocycles. The van der Waals surface area contributed by atoms with Crippen LogP contribution in [0.3, 0.4) is 0 Å². The van der Waals surface area contributed by atoms with Crippen LogP contribution >= 0.6 is 11.3 Å². The molecule has 1 N–H and O–H groups in total. The van der Waals surface area contributed by atoms with E-state index in [0.717, 1.165) is 19.6 Å². The fourth-order valence-corrected chi connectivity index (χ4v) is 2.73. The number of nitrogens with one attached hydrogen (secondary N) is 1. The van der Waals surface area contributed by atoms with E-state index >= 15 is 0 Å². The lowest BCUT2D eigenvalue weighted by atomic mass is 10.2. The third-order valence-corrected chi connectivity index (χ3v) is 3.55. The smallest absolute Gasteiger partial charge is 0.0914 e. The van der Waals surface area contributed by atoms with Crippen molar-refractivity contribution in [1.82, 2.24) is 5.32 Å². The first-order valence-electron chi connectivity index (χ1n) is 4.81. The van der Waals surface area contributed by atoms with Crippen molar-refractivity contribution in [3.8, 4) is 0 Å². The van der Waals surface area contributed by atoms with Crippen LogP contribution in [0.25, 0.3) is 0 Å². The maximum absolute atomic E-state index is 3.40. The Balaban J connectivity index is 2.14. The summed E-state index contributed by atoms with van der Waals surface area (Å²) in [5.74, 6) is 0. The molecule has 0 aliphatic carbocycles. The lowest BCUT2D eigenvalue weighted by molar-refractivity contribution is 0.503. The van der Waals surface area contributed by atoms with Gasteiger partial charge in [-0.1, -0.05) is 0 Å². The third-order valence-electron chi connectivity index (χ3n) is 2.51. The van der Waals surface area contributed by atoms with E-state index in [-0.39, 0.29) is 0 Å². The van der Waals surface area contributed by atoms with E-state index in [1.54, 1.807) is 0 Å². The van der Waals surface area contributed by atoms with Crippen molar-refractivity contribution in [2.45, 2.75) is 19.9 Å². The second kappa shape index (κ2) is 3.68. The summed E-state index contributed by atoms with van der Waals surface area (Å²) in [6.07, 6.45) is 0. The Morgan fingerprint density at radius 3 is 3.00 bits per heavy atom. The van der Waals surface area contributed by atoms with Crippen LogP contribution in [-0.2, 0) is 0 Å². The van der Waals surface area contributed by atoms with Gasteiger partial charge in [-0.25, -0.2) is 0 Å². The highest BCUT2D eigenvalue weighted by molar-refractivity contribution is 7.16. The molecule has 0 saturated carbocycles. The summed E-state index contributed by atoms with van der Waals surface area (Å²) in [6.45, 7) is 7.81. The van der Waals surface area contributed by atoms with Crippen LogP contribution in [-0.4, -0.2) is 25.7 Å². The standard InChI is InChI=1S/C10H16N2S/c1-8-7-11-5-6-12(8)10-4-3-9(2)13-10/h3-4,8,11H,5-7H2,1-2H3. The molecule has 1 aromatic heterocycles. The van der Waals surface area contributed by atoms with Crippen molar-refractivity contribution in [2.75, 3.05) is 24.5 Å². The van der Waals surface area contributed by atoms with E-state index in [0.29, 0.717) is 6.04 Å². The summed E-state index contributed by atoms with van der Waals surface area (Å²) in [4.78, 5) is 3.90. The zero-order chi connectivity index (χ0) is 9.26. The summed E-state index contributed by atoms with van der Waals surface area (Å²) in [7, 11) is 0. The molecule has 13 heavy (non-hydrogen) atoms. The number of nitrogens with zero attached hydrogens (tertiary/aromatic N) is 1. The topological polar surface area (TPSA) is 15.3 Å². The zero-order valence-corrected chi connectivity index (χ0v) is 9.03. The van der Waals surface area contributed by atoms with Crippen molar-refractivity contribution in [3.63, 3.8) is 0 Å². The van der Waals surface area contributed by atoms with Gasteiger partial charge in [0.15, 0.2) is 0 Å². The van der Waals surface area contributed by atoms with Crippen LogP contribution in [0.4, 0.5) is 5.00 Å². The first kappa shape index (κ1) is 9.03. The minimum Gasteiger partial charge on any atom is -0.358 e. The van der Waals surface area contributed by atoms with Gasteiger partial charge in [-0.2, -0.15) is 0 Å². The van der Waals surface area contributed by atoms with E-state index in [2.05, 4.69) is 36.2 Å². The summed E-state index contributed by atoms with van der Waals surface area (Å²) >= 11 is 1.90. The summed E-state index contributed by atoms with van der Waals surface area (Å²) in [6, 6.07) is 5.07. The number of aryl methyl sites for hydroxylation is 1. The summed E-state index contributed by atoms with van der Waals surface area (Å²) < 4.78 is 0. The number of thiophene rings is 1. The van der Waals surface area contributed by atoms with E-state index in [9.17, 15) is 0 Å². The largest absolute Gasteiger partial charge is 0.358 e. The Kier molecular flexibility index (Phi) is 2.56. The van der Waals surface area contributed by atoms with Crippen molar-refractivity contribution >= 4 is 16.3 Å².